The SMILES string of the molecule is COc1cccc(Cn2cc(NC(=O)c3ccc(COc4ccc(C)cc4[N+](=O)[O-])o3)cn2)c1. The van der Waals surface area contributed by atoms with E-state index in [1.165, 1.54) is 18.2 Å². The fourth-order valence-electron chi connectivity index (χ4n) is 3.28. The number of hydrogen-bond donors (Lipinski definition) is 1. The summed E-state index contributed by atoms with van der Waals surface area (Å²) in [6, 6.07) is 15.4. The van der Waals surface area contributed by atoms with Crippen LogP contribution in [0, 0.1) is 17.0 Å². The second-order valence-electron chi connectivity index (χ2n) is 7.52. The Balaban J connectivity index is 1.35. The van der Waals surface area contributed by atoms with Gasteiger partial charge in [0, 0.05) is 12.3 Å². The zero-order valence-corrected chi connectivity index (χ0v) is 18.6. The van der Waals surface area contributed by atoms with Crippen LogP contribution in [-0.4, -0.2) is 27.7 Å². The summed E-state index contributed by atoms with van der Waals surface area (Å²) in [6.07, 6.45) is 3.25. The molecule has 1 N–H and O–H groups in total. The van der Waals surface area contributed by atoms with Crippen LogP contribution in [0.25, 0.3) is 0 Å². The van der Waals surface area contributed by atoms with Gasteiger partial charge < -0.3 is 19.2 Å². The molecule has 2 aromatic heterocycles. The summed E-state index contributed by atoms with van der Waals surface area (Å²) < 4.78 is 18.0. The van der Waals surface area contributed by atoms with Crippen LogP contribution in [0.3, 0.4) is 0 Å². The van der Waals surface area contributed by atoms with E-state index < -0.39 is 10.8 Å². The van der Waals surface area contributed by atoms with Crippen molar-refractivity contribution in [1.82, 2.24) is 9.78 Å². The Morgan fingerprint density at radius 1 is 1.21 bits per heavy atom. The summed E-state index contributed by atoms with van der Waals surface area (Å²) in [5.41, 5.74) is 2.14. The van der Waals surface area contributed by atoms with Gasteiger partial charge in [-0.25, -0.2) is 0 Å². The van der Waals surface area contributed by atoms with Crippen LogP contribution in [0.2, 0.25) is 0 Å². The number of rotatable bonds is 9. The average molecular weight is 462 g/mol. The smallest absolute Gasteiger partial charge is 0.311 e. The van der Waals surface area contributed by atoms with Gasteiger partial charge in [-0.15, -0.1) is 0 Å². The fourth-order valence-corrected chi connectivity index (χ4v) is 3.28. The maximum absolute atomic E-state index is 12.5. The quantitative estimate of drug-likeness (QED) is 0.285. The van der Waals surface area contributed by atoms with Crippen LogP contribution in [0.1, 0.15) is 27.4 Å². The van der Waals surface area contributed by atoms with E-state index in [-0.39, 0.29) is 23.8 Å². The molecule has 0 fully saturated rings. The fraction of sp³-hybridized carbons (Fsp3) is 0.167. The van der Waals surface area contributed by atoms with E-state index in [1.54, 1.807) is 43.2 Å². The van der Waals surface area contributed by atoms with Gasteiger partial charge in [0.15, 0.2) is 11.5 Å². The molecule has 0 bridgehead atoms. The Bertz CT molecular complexity index is 1330. The molecule has 174 valence electrons. The number of ether oxygens (including phenoxy) is 2. The molecule has 2 aromatic carbocycles. The Morgan fingerprint density at radius 2 is 2.06 bits per heavy atom. The zero-order chi connectivity index (χ0) is 24.1. The number of anilines is 1. The van der Waals surface area contributed by atoms with Gasteiger partial charge in [0.1, 0.15) is 18.1 Å². The molecule has 0 unspecified atom stereocenters. The summed E-state index contributed by atoms with van der Waals surface area (Å²) in [6.45, 7) is 2.22. The van der Waals surface area contributed by atoms with Crippen molar-refractivity contribution in [2.45, 2.75) is 20.1 Å². The Hall–Kier alpha value is -4.60. The molecule has 0 aliphatic rings. The van der Waals surface area contributed by atoms with Crippen molar-refractivity contribution in [3.8, 4) is 11.5 Å². The summed E-state index contributed by atoms with van der Waals surface area (Å²) in [5.74, 6) is 0.869. The molecule has 0 spiro atoms. The van der Waals surface area contributed by atoms with Gasteiger partial charge in [-0.05, 0) is 48.4 Å². The van der Waals surface area contributed by atoms with Crippen LogP contribution in [-0.2, 0) is 13.2 Å². The Morgan fingerprint density at radius 3 is 2.85 bits per heavy atom. The first-order chi connectivity index (χ1) is 16.4. The minimum atomic E-state index is -0.502. The number of aryl methyl sites for hydroxylation is 1. The standard InChI is InChI=1S/C24H22N4O6/c1-16-6-8-22(21(10-16)28(30)31)33-15-20-7-9-23(34-20)24(29)26-18-12-25-27(14-18)13-17-4-3-5-19(11-17)32-2/h3-12,14H,13,15H2,1-2H3,(H,26,29). The predicted octanol–water partition coefficient (Wildman–Crippen LogP) is 4.58. The van der Waals surface area contributed by atoms with Gasteiger partial charge in [-0.1, -0.05) is 18.2 Å². The number of carbonyl (C=O) groups excluding carboxylic acids is 1. The van der Waals surface area contributed by atoms with Gasteiger partial charge in [-0.3, -0.25) is 19.6 Å². The van der Waals surface area contributed by atoms with Gasteiger partial charge in [-0.2, -0.15) is 5.10 Å². The van der Waals surface area contributed by atoms with Gasteiger partial charge in [0.05, 0.1) is 30.5 Å². The first-order valence-electron chi connectivity index (χ1n) is 10.3. The molecular formula is C24H22N4O6. The van der Waals surface area contributed by atoms with Crippen molar-refractivity contribution in [3.63, 3.8) is 0 Å². The maximum Gasteiger partial charge on any atom is 0.311 e. The largest absolute Gasteiger partial charge is 0.497 e. The first kappa shape index (κ1) is 22.6. The van der Waals surface area contributed by atoms with E-state index in [2.05, 4.69) is 10.4 Å². The van der Waals surface area contributed by atoms with Crippen molar-refractivity contribution >= 4 is 17.3 Å². The molecule has 0 saturated carbocycles. The Labute approximate surface area is 194 Å². The highest BCUT2D eigenvalue weighted by Crippen LogP contribution is 2.28. The van der Waals surface area contributed by atoms with E-state index in [1.807, 2.05) is 24.3 Å². The highest BCUT2D eigenvalue weighted by atomic mass is 16.6. The zero-order valence-electron chi connectivity index (χ0n) is 18.6. The number of benzene rings is 2. The van der Waals surface area contributed by atoms with Crippen molar-refractivity contribution in [2.75, 3.05) is 12.4 Å². The number of furan rings is 1. The number of amides is 1. The summed E-state index contributed by atoms with van der Waals surface area (Å²) in [5, 5.41) is 18.2. The molecule has 10 heteroatoms. The third-order valence-electron chi connectivity index (χ3n) is 4.94. The van der Waals surface area contributed by atoms with Crippen molar-refractivity contribution in [3.05, 3.63) is 99.8 Å². The number of methoxy groups -OCH3 is 1. The lowest BCUT2D eigenvalue weighted by molar-refractivity contribution is -0.386. The lowest BCUT2D eigenvalue weighted by atomic mass is 10.2. The van der Waals surface area contributed by atoms with E-state index in [0.29, 0.717) is 18.0 Å². The summed E-state index contributed by atoms with van der Waals surface area (Å²) in [4.78, 5) is 23.3. The molecule has 0 radical (unpaired) electrons. The van der Waals surface area contributed by atoms with E-state index >= 15 is 0 Å². The molecule has 0 aliphatic carbocycles. The number of carbonyl (C=O) groups is 1. The second kappa shape index (κ2) is 9.90. The van der Waals surface area contributed by atoms with Crippen LogP contribution in [0.15, 0.2) is 71.4 Å². The second-order valence-corrected chi connectivity index (χ2v) is 7.52. The molecule has 0 aliphatic heterocycles. The monoisotopic (exact) mass is 462 g/mol. The molecule has 4 rings (SSSR count). The number of nitrogens with one attached hydrogen (secondary N) is 1. The minimum absolute atomic E-state index is 0.0599. The van der Waals surface area contributed by atoms with Gasteiger partial charge >= 0.3 is 5.69 Å². The van der Waals surface area contributed by atoms with Crippen molar-refractivity contribution in [1.29, 1.82) is 0 Å². The number of nitro benzene ring substituents is 1. The number of aromatic nitrogens is 2. The minimum Gasteiger partial charge on any atom is -0.497 e. The number of hydrogen-bond acceptors (Lipinski definition) is 7. The van der Waals surface area contributed by atoms with Gasteiger partial charge in [0.25, 0.3) is 5.91 Å². The number of nitrogens with zero attached hydrogens (tertiary/aromatic N) is 3. The lowest BCUT2D eigenvalue weighted by Crippen LogP contribution is -2.10. The summed E-state index contributed by atoms with van der Waals surface area (Å²) in [7, 11) is 1.61. The molecule has 2 heterocycles. The lowest BCUT2D eigenvalue weighted by Gasteiger charge is -2.06. The van der Waals surface area contributed by atoms with Crippen LogP contribution >= 0.6 is 0 Å². The molecule has 0 atom stereocenters. The molecule has 10 nitrogen and oxygen atoms in total. The van der Waals surface area contributed by atoms with E-state index in [4.69, 9.17) is 13.9 Å². The predicted molar refractivity (Wildman–Crippen MR) is 123 cm³/mol. The molecule has 4 aromatic rings. The first-order valence-corrected chi connectivity index (χ1v) is 10.3. The van der Waals surface area contributed by atoms with Crippen molar-refractivity contribution in [2.24, 2.45) is 0 Å². The van der Waals surface area contributed by atoms with Crippen LogP contribution in [0.4, 0.5) is 11.4 Å². The Kier molecular flexibility index (Phi) is 6.58. The topological polar surface area (TPSA) is 122 Å². The average Bonchev–Trinajstić information content (AvgIpc) is 3.48. The molecular weight excluding hydrogens is 440 g/mol. The maximum atomic E-state index is 12.5. The van der Waals surface area contributed by atoms with Crippen molar-refractivity contribution < 1.29 is 23.6 Å². The molecule has 34 heavy (non-hydrogen) atoms. The van der Waals surface area contributed by atoms with E-state index in [9.17, 15) is 14.9 Å². The third-order valence-corrected chi connectivity index (χ3v) is 4.94. The summed E-state index contributed by atoms with van der Waals surface area (Å²) >= 11 is 0. The number of nitro groups is 1. The highest BCUT2D eigenvalue weighted by Gasteiger charge is 2.17. The van der Waals surface area contributed by atoms with Crippen LogP contribution < -0.4 is 14.8 Å². The van der Waals surface area contributed by atoms with E-state index in [0.717, 1.165) is 16.9 Å². The van der Waals surface area contributed by atoms with Crippen LogP contribution in [0.5, 0.6) is 11.5 Å². The third kappa shape index (κ3) is 5.41. The van der Waals surface area contributed by atoms with Gasteiger partial charge in [0.2, 0.25) is 0 Å². The highest BCUT2D eigenvalue weighted by molar-refractivity contribution is 6.02. The molecule has 0 saturated heterocycles. The normalized spacial score (nSPS) is 10.6. The molecule has 1 amide bonds.